The number of hydrogen-bond donors (Lipinski definition) is 1. The molecule has 0 saturated carbocycles. The van der Waals surface area contributed by atoms with Crippen molar-refractivity contribution in [3.8, 4) is 11.1 Å². The molecule has 3 aromatic rings. The van der Waals surface area contributed by atoms with Crippen LogP contribution in [0.15, 0.2) is 63.8 Å². The number of nitrogens with zero attached hydrogens (tertiary/aromatic N) is 1. The van der Waals surface area contributed by atoms with Crippen molar-refractivity contribution >= 4 is 16.9 Å². The molecule has 0 bridgehead atoms. The molecular formula is C22H20N2O4. The van der Waals surface area contributed by atoms with Gasteiger partial charge >= 0.3 is 5.63 Å². The fourth-order valence-electron chi connectivity index (χ4n) is 4.02. The van der Waals surface area contributed by atoms with E-state index in [2.05, 4.69) is 5.32 Å². The summed E-state index contributed by atoms with van der Waals surface area (Å²) in [5.74, 6) is -0.0492. The smallest absolute Gasteiger partial charge is 0.344 e. The number of carbonyl (C=O) groups is 1. The number of hydrogen-bond acceptors (Lipinski definition) is 5. The predicted molar refractivity (Wildman–Crippen MR) is 105 cm³/mol. The first-order chi connectivity index (χ1) is 13.7. The zero-order valence-electron chi connectivity index (χ0n) is 15.3. The van der Waals surface area contributed by atoms with Gasteiger partial charge in [0.15, 0.2) is 0 Å². The van der Waals surface area contributed by atoms with Crippen LogP contribution in [0, 0.1) is 0 Å². The minimum Gasteiger partial charge on any atom is -0.422 e. The molecule has 2 aliphatic rings. The van der Waals surface area contributed by atoms with Crippen molar-refractivity contribution in [1.82, 2.24) is 10.2 Å². The van der Waals surface area contributed by atoms with E-state index >= 15 is 0 Å². The number of para-hydroxylation sites is 1. The topological polar surface area (TPSA) is 71.8 Å². The zero-order chi connectivity index (χ0) is 19.1. The van der Waals surface area contributed by atoms with Crippen molar-refractivity contribution in [2.45, 2.75) is 12.1 Å². The first-order valence-electron chi connectivity index (χ1n) is 9.47. The molecule has 3 heterocycles. The summed E-state index contributed by atoms with van der Waals surface area (Å²) in [7, 11) is 0. The van der Waals surface area contributed by atoms with Gasteiger partial charge in [0.05, 0.1) is 24.3 Å². The number of carbonyl (C=O) groups excluding carboxylic acids is 1. The van der Waals surface area contributed by atoms with E-state index in [-0.39, 0.29) is 18.1 Å². The molecule has 28 heavy (non-hydrogen) atoms. The molecule has 2 saturated heterocycles. The Hall–Kier alpha value is -2.96. The van der Waals surface area contributed by atoms with Crippen LogP contribution < -0.4 is 10.9 Å². The summed E-state index contributed by atoms with van der Waals surface area (Å²) in [5.41, 5.74) is 1.83. The maximum absolute atomic E-state index is 13.0. The highest BCUT2D eigenvalue weighted by Gasteiger charge is 2.37. The van der Waals surface area contributed by atoms with Gasteiger partial charge in [0.2, 0.25) is 0 Å². The Balaban J connectivity index is 1.46. The predicted octanol–water partition coefficient (Wildman–Crippen LogP) is 2.27. The van der Waals surface area contributed by atoms with Gasteiger partial charge in [-0.1, -0.05) is 30.3 Å². The molecule has 2 aliphatic heterocycles. The third-order valence-corrected chi connectivity index (χ3v) is 5.46. The average Bonchev–Trinajstić information content (AvgIpc) is 3.17. The van der Waals surface area contributed by atoms with E-state index in [1.165, 1.54) is 0 Å². The first kappa shape index (κ1) is 17.2. The molecule has 5 rings (SSSR count). The molecule has 1 amide bonds. The lowest BCUT2D eigenvalue weighted by atomic mass is 10.0. The van der Waals surface area contributed by atoms with Crippen LogP contribution in [0.2, 0.25) is 0 Å². The lowest BCUT2D eigenvalue weighted by molar-refractivity contribution is 0.0176. The molecule has 0 spiro atoms. The van der Waals surface area contributed by atoms with Crippen LogP contribution in [-0.2, 0) is 4.74 Å². The summed E-state index contributed by atoms with van der Waals surface area (Å²) >= 11 is 0. The van der Waals surface area contributed by atoms with E-state index in [1.807, 2.05) is 35.2 Å². The Morgan fingerprint density at radius 1 is 1.07 bits per heavy atom. The van der Waals surface area contributed by atoms with Gasteiger partial charge < -0.3 is 19.4 Å². The van der Waals surface area contributed by atoms with Gasteiger partial charge in [-0.3, -0.25) is 4.79 Å². The molecule has 0 radical (unpaired) electrons. The van der Waals surface area contributed by atoms with Gasteiger partial charge in [-0.25, -0.2) is 4.79 Å². The number of likely N-dealkylation sites (tertiary alicyclic amines) is 1. The molecule has 1 aromatic heterocycles. The summed E-state index contributed by atoms with van der Waals surface area (Å²) in [6.07, 6.45) is 0.0495. The zero-order valence-corrected chi connectivity index (χ0v) is 15.3. The van der Waals surface area contributed by atoms with Crippen LogP contribution >= 0.6 is 0 Å². The maximum atomic E-state index is 13.0. The van der Waals surface area contributed by atoms with Crippen molar-refractivity contribution < 1.29 is 13.9 Å². The minimum atomic E-state index is -0.409. The van der Waals surface area contributed by atoms with Crippen LogP contribution in [0.25, 0.3) is 22.1 Å². The fraction of sp³-hybridized carbons (Fsp3) is 0.273. The number of ether oxygens (including phenoxy) is 1. The quantitative estimate of drug-likeness (QED) is 0.695. The molecule has 142 valence electrons. The van der Waals surface area contributed by atoms with Gasteiger partial charge in [-0.05, 0) is 29.8 Å². The van der Waals surface area contributed by atoms with E-state index < -0.39 is 5.63 Å². The lowest BCUT2D eigenvalue weighted by Gasteiger charge is -2.25. The molecule has 0 aliphatic carbocycles. The van der Waals surface area contributed by atoms with E-state index in [0.29, 0.717) is 42.0 Å². The van der Waals surface area contributed by atoms with Crippen LogP contribution in [0.5, 0.6) is 0 Å². The van der Waals surface area contributed by atoms with E-state index in [4.69, 9.17) is 9.15 Å². The Morgan fingerprint density at radius 3 is 2.86 bits per heavy atom. The summed E-state index contributed by atoms with van der Waals surface area (Å²) in [6, 6.07) is 16.6. The summed E-state index contributed by atoms with van der Waals surface area (Å²) in [4.78, 5) is 27.3. The van der Waals surface area contributed by atoms with Crippen molar-refractivity contribution in [3.63, 3.8) is 0 Å². The highest BCUT2D eigenvalue weighted by molar-refractivity contribution is 5.96. The molecule has 6 heteroatoms. The molecule has 2 aromatic carbocycles. The van der Waals surface area contributed by atoms with Crippen molar-refractivity contribution in [3.05, 3.63) is 70.6 Å². The molecule has 2 atom stereocenters. The fourth-order valence-corrected chi connectivity index (χ4v) is 4.02. The largest absolute Gasteiger partial charge is 0.422 e. The SMILES string of the molecule is O=C(c1cccc(-c2cc3ccccc3oc2=O)c1)N1C[C@@H]2NCCO[C@@H]2C1. The highest BCUT2D eigenvalue weighted by Crippen LogP contribution is 2.24. The molecule has 6 nitrogen and oxygen atoms in total. The van der Waals surface area contributed by atoms with E-state index in [1.54, 1.807) is 24.3 Å². The van der Waals surface area contributed by atoms with Crippen molar-refractivity contribution in [2.75, 3.05) is 26.2 Å². The second-order valence-corrected chi connectivity index (χ2v) is 7.25. The Morgan fingerprint density at radius 2 is 1.96 bits per heavy atom. The number of nitrogens with one attached hydrogen (secondary N) is 1. The van der Waals surface area contributed by atoms with E-state index in [0.717, 1.165) is 11.9 Å². The third-order valence-electron chi connectivity index (χ3n) is 5.46. The summed E-state index contributed by atoms with van der Waals surface area (Å²) in [5, 5.41) is 4.25. The van der Waals surface area contributed by atoms with Gasteiger partial charge in [-0.2, -0.15) is 0 Å². The Kier molecular flexibility index (Phi) is 4.22. The Labute approximate surface area is 161 Å². The second kappa shape index (κ2) is 6.89. The summed E-state index contributed by atoms with van der Waals surface area (Å²) < 4.78 is 11.2. The number of benzene rings is 2. The number of amides is 1. The minimum absolute atomic E-state index is 0.0492. The van der Waals surface area contributed by atoms with Crippen LogP contribution in [-0.4, -0.2) is 49.2 Å². The normalized spacial score (nSPS) is 21.6. The molecule has 0 unspecified atom stereocenters. The highest BCUT2D eigenvalue weighted by atomic mass is 16.5. The van der Waals surface area contributed by atoms with Crippen LogP contribution in [0.1, 0.15) is 10.4 Å². The van der Waals surface area contributed by atoms with Crippen LogP contribution in [0.3, 0.4) is 0 Å². The number of fused-ring (bicyclic) bond motifs is 2. The van der Waals surface area contributed by atoms with Crippen molar-refractivity contribution in [2.24, 2.45) is 0 Å². The average molecular weight is 376 g/mol. The molecule has 1 N–H and O–H groups in total. The van der Waals surface area contributed by atoms with Crippen LogP contribution in [0.4, 0.5) is 0 Å². The lowest BCUT2D eigenvalue weighted by Crippen LogP contribution is -2.47. The van der Waals surface area contributed by atoms with E-state index in [9.17, 15) is 9.59 Å². The monoisotopic (exact) mass is 376 g/mol. The molecule has 2 fully saturated rings. The number of morpholine rings is 1. The van der Waals surface area contributed by atoms with Gasteiger partial charge in [-0.15, -0.1) is 0 Å². The number of rotatable bonds is 2. The Bertz CT molecular complexity index is 1090. The summed E-state index contributed by atoms with van der Waals surface area (Å²) in [6.45, 7) is 2.71. The standard InChI is InChI=1S/C22H20N2O4/c25-21(24-12-18-20(13-24)27-9-8-23-18)16-6-3-5-14(10-16)17-11-15-4-1-2-7-19(15)28-22(17)26/h1-7,10-11,18,20,23H,8-9,12-13H2/t18-,20+/m0/s1. The third kappa shape index (κ3) is 3.00. The molecular weight excluding hydrogens is 356 g/mol. The van der Waals surface area contributed by atoms with Gasteiger partial charge in [0, 0.05) is 30.6 Å². The maximum Gasteiger partial charge on any atom is 0.344 e. The first-order valence-corrected chi connectivity index (χ1v) is 9.47. The van der Waals surface area contributed by atoms with Gasteiger partial charge in [0.1, 0.15) is 5.58 Å². The van der Waals surface area contributed by atoms with Gasteiger partial charge in [0.25, 0.3) is 5.91 Å². The van der Waals surface area contributed by atoms with Crippen molar-refractivity contribution in [1.29, 1.82) is 0 Å². The second-order valence-electron chi connectivity index (χ2n) is 7.25.